The molecule has 0 aliphatic carbocycles. The Balaban J connectivity index is 1.73. The maximum absolute atomic E-state index is 12.5. The smallest absolute Gasteiger partial charge is 0.269 e. The van der Waals surface area contributed by atoms with Crippen LogP contribution >= 0.6 is 0 Å². The van der Waals surface area contributed by atoms with E-state index in [4.69, 9.17) is 0 Å². The Morgan fingerprint density at radius 3 is 2.64 bits per heavy atom. The zero-order chi connectivity index (χ0) is 18.0. The predicted molar refractivity (Wildman–Crippen MR) is 97.3 cm³/mol. The molecule has 3 rings (SSSR count). The molecular formula is C19H23N5O. The largest absolute Gasteiger partial charge is 0.344 e. The second-order valence-electron chi connectivity index (χ2n) is 6.25. The van der Waals surface area contributed by atoms with Crippen LogP contribution in [0.1, 0.15) is 47.2 Å². The van der Waals surface area contributed by atoms with E-state index in [1.807, 2.05) is 62.8 Å². The minimum Gasteiger partial charge on any atom is -0.344 e. The van der Waals surface area contributed by atoms with Gasteiger partial charge in [0.25, 0.3) is 5.91 Å². The molecule has 0 spiro atoms. The molecule has 1 unspecified atom stereocenters. The zero-order valence-corrected chi connectivity index (χ0v) is 15.0. The number of H-pyrrole nitrogens is 1. The molecule has 25 heavy (non-hydrogen) atoms. The molecule has 0 bridgehead atoms. The summed E-state index contributed by atoms with van der Waals surface area (Å²) >= 11 is 0. The van der Waals surface area contributed by atoms with Gasteiger partial charge in [0.15, 0.2) is 0 Å². The van der Waals surface area contributed by atoms with Crippen molar-refractivity contribution in [3.63, 3.8) is 0 Å². The van der Waals surface area contributed by atoms with E-state index >= 15 is 0 Å². The van der Waals surface area contributed by atoms with Crippen LogP contribution in [0.4, 0.5) is 0 Å². The molecule has 1 amide bonds. The molecule has 2 heterocycles. The van der Waals surface area contributed by atoms with Crippen LogP contribution < -0.4 is 5.32 Å². The Hall–Kier alpha value is -2.89. The third kappa shape index (κ3) is 3.63. The van der Waals surface area contributed by atoms with Crippen LogP contribution in [0.15, 0.2) is 36.5 Å². The SMILES string of the molecule is CCn1cc(C(C)NC(=O)c2cc(-c3ccc(C)cc3)n[nH]2)c(C)n1. The van der Waals surface area contributed by atoms with Crippen LogP contribution in [0.2, 0.25) is 0 Å². The number of aromatic nitrogens is 4. The number of nitrogens with zero attached hydrogens (tertiary/aromatic N) is 3. The lowest BCUT2D eigenvalue weighted by Gasteiger charge is -2.12. The number of hydrogen-bond acceptors (Lipinski definition) is 3. The minimum absolute atomic E-state index is 0.126. The van der Waals surface area contributed by atoms with E-state index in [9.17, 15) is 4.79 Å². The molecule has 0 saturated carbocycles. The van der Waals surface area contributed by atoms with E-state index in [1.165, 1.54) is 5.56 Å². The average Bonchev–Trinajstić information content (AvgIpc) is 3.22. The summed E-state index contributed by atoms with van der Waals surface area (Å²) in [6, 6.07) is 9.70. The summed E-state index contributed by atoms with van der Waals surface area (Å²) in [6.07, 6.45) is 1.98. The number of carbonyl (C=O) groups is 1. The molecule has 0 aliphatic rings. The van der Waals surface area contributed by atoms with E-state index in [1.54, 1.807) is 6.07 Å². The highest BCUT2D eigenvalue weighted by Crippen LogP contribution is 2.20. The minimum atomic E-state index is -0.179. The van der Waals surface area contributed by atoms with Crippen molar-refractivity contribution >= 4 is 5.91 Å². The quantitative estimate of drug-likeness (QED) is 0.749. The first kappa shape index (κ1) is 17.0. The number of benzene rings is 1. The van der Waals surface area contributed by atoms with Crippen LogP contribution in [0, 0.1) is 13.8 Å². The Morgan fingerprint density at radius 2 is 2.00 bits per heavy atom. The Morgan fingerprint density at radius 1 is 1.28 bits per heavy atom. The molecule has 1 atom stereocenters. The first-order chi connectivity index (χ1) is 12.0. The molecular weight excluding hydrogens is 314 g/mol. The van der Waals surface area contributed by atoms with Crippen LogP contribution in [-0.2, 0) is 6.54 Å². The normalized spacial score (nSPS) is 12.2. The lowest BCUT2D eigenvalue weighted by atomic mass is 10.1. The van der Waals surface area contributed by atoms with Gasteiger partial charge < -0.3 is 5.32 Å². The van der Waals surface area contributed by atoms with E-state index in [0.29, 0.717) is 5.69 Å². The first-order valence-electron chi connectivity index (χ1n) is 8.45. The number of aryl methyl sites for hydroxylation is 3. The van der Waals surface area contributed by atoms with Crippen molar-refractivity contribution in [2.45, 2.75) is 40.3 Å². The van der Waals surface area contributed by atoms with Gasteiger partial charge in [0, 0.05) is 23.9 Å². The number of aromatic amines is 1. The molecule has 0 saturated heterocycles. The first-order valence-corrected chi connectivity index (χ1v) is 8.45. The fourth-order valence-corrected chi connectivity index (χ4v) is 2.78. The summed E-state index contributed by atoms with van der Waals surface area (Å²) in [6.45, 7) is 8.80. The second-order valence-corrected chi connectivity index (χ2v) is 6.25. The van der Waals surface area contributed by atoms with E-state index < -0.39 is 0 Å². The number of nitrogens with one attached hydrogen (secondary N) is 2. The Kier molecular flexibility index (Phi) is 4.70. The molecule has 3 aromatic rings. The highest BCUT2D eigenvalue weighted by Gasteiger charge is 2.17. The molecule has 0 radical (unpaired) electrons. The average molecular weight is 337 g/mol. The third-order valence-electron chi connectivity index (χ3n) is 4.29. The predicted octanol–water partition coefficient (Wildman–Crippen LogP) is 3.40. The van der Waals surface area contributed by atoms with Gasteiger partial charge in [-0.25, -0.2) is 0 Å². The van der Waals surface area contributed by atoms with Gasteiger partial charge in [-0.3, -0.25) is 14.6 Å². The van der Waals surface area contributed by atoms with Gasteiger partial charge in [-0.1, -0.05) is 29.8 Å². The molecule has 6 heteroatoms. The highest BCUT2D eigenvalue weighted by atomic mass is 16.2. The topological polar surface area (TPSA) is 75.6 Å². The van der Waals surface area contributed by atoms with E-state index in [0.717, 1.165) is 29.1 Å². The molecule has 0 fully saturated rings. The van der Waals surface area contributed by atoms with Crippen molar-refractivity contribution < 1.29 is 4.79 Å². The monoisotopic (exact) mass is 337 g/mol. The van der Waals surface area contributed by atoms with Crippen LogP contribution in [0.25, 0.3) is 11.3 Å². The Labute approximate surface area is 147 Å². The van der Waals surface area contributed by atoms with Gasteiger partial charge in [-0.2, -0.15) is 10.2 Å². The van der Waals surface area contributed by atoms with Crippen molar-refractivity contribution in [3.05, 3.63) is 59.0 Å². The lowest BCUT2D eigenvalue weighted by molar-refractivity contribution is 0.0934. The number of hydrogen-bond donors (Lipinski definition) is 2. The van der Waals surface area contributed by atoms with E-state index in [2.05, 4.69) is 20.6 Å². The molecule has 0 aliphatic heterocycles. The fraction of sp³-hybridized carbons (Fsp3) is 0.316. The van der Waals surface area contributed by atoms with E-state index in [-0.39, 0.29) is 11.9 Å². The van der Waals surface area contributed by atoms with Gasteiger partial charge in [-0.15, -0.1) is 0 Å². The van der Waals surface area contributed by atoms with Crippen molar-refractivity contribution in [1.82, 2.24) is 25.3 Å². The number of amides is 1. The summed E-state index contributed by atoms with van der Waals surface area (Å²) in [5.74, 6) is -0.179. The fourth-order valence-electron chi connectivity index (χ4n) is 2.78. The van der Waals surface area contributed by atoms with Gasteiger partial charge in [0.2, 0.25) is 0 Å². The second kappa shape index (κ2) is 6.93. The molecule has 2 N–H and O–H groups in total. The highest BCUT2D eigenvalue weighted by molar-refractivity contribution is 5.93. The zero-order valence-electron chi connectivity index (χ0n) is 15.0. The summed E-state index contributed by atoms with van der Waals surface area (Å²) in [5, 5.41) is 14.5. The van der Waals surface area contributed by atoms with Crippen molar-refractivity contribution in [3.8, 4) is 11.3 Å². The van der Waals surface area contributed by atoms with Gasteiger partial charge in [0.05, 0.1) is 17.4 Å². The molecule has 2 aromatic heterocycles. The maximum atomic E-state index is 12.5. The van der Waals surface area contributed by atoms with Crippen molar-refractivity contribution in [2.24, 2.45) is 0 Å². The molecule has 130 valence electrons. The van der Waals surface area contributed by atoms with Crippen molar-refractivity contribution in [1.29, 1.82) is 0 Å². The maximum Gasteiger partial charge on any atom is 0.269 e. The summed E-state index contributed by atoms with van der Waals surface area (Å²) < 4.78 is 1.87. The van der Waals surface area contributed by atoms with Gasteiger partial charge >= 0.3 is 0 Å². The number of rotatable bonds is 5. The van der Waals surface area contributed by atoms with Gasteiger partial charge in [-0.05, 0) is 33.8 Å². The lowest BCUT2D eigenvalue weighted by Crippen LogP contribution is -2.27. The van der Waals surface area contributed by atoms with Crippen molar-refractivity contribution in [2.75, 3.05) is 0 Å². The van der Waals surface area contributed by atoms with Crippen LogP contribution in [0.5, 0.6) is 0 Å². The Bertz CT molecular complexity index is 876. The summed E-state index contributed by atoms with van der Waals surface area (Å²) in [4.78, 5) is 12.5. The summed E-state index contributed by atoms with van der Waals surface area (Å²) in [7, 11) is 0. The van der Waals surface area contributed by atoms with Crippen LogP contribution in [0.3, 0.4) is 0 Å². The standard InChI is InChI=1S/C19H23N5O/c1-5-24-11-16(14(4)23-24)13(3)20-19(25)18-10-17(21-22-18)15-8-6-12(2)7-9-15/h6-11,13H,5H2,1-4H3,(H,20,25)(H,21,22). The third-order valence-corrected chi connectivity index (χ3v) is 4.29. The molecule has 1 aromatic carbocycles. The molecule has 6 nitrogen and oxygen atoms in total. The summed E-state index contributed by atoms with van der Waals surface area (Å²) in [5.41, 5.74) is 5.33. The number of carbonyl (C=O) groups excluding carboxylic acids is 1. The van der Waals surface area contributed by atoms with Gasteiger partial charge in [0.1, 0.15) is 5.69 Å². The van der Waals surface area contributed by atoms with Crippen LogP contribution in [-0.4, -0.2) is 25.9 Å².